The first-order valence-corrected chi connectivity index (χ1v) is 14.2. The lowest BCUT2D eigenvalue weighted by Gasteiger charge is -2.33. The maximum atomic E-state index is 13.3. The van der Waals surface area contributed by atoms with Gasteiger partial charge in [-0.3, -0.25) is 4.68 Å². The van der Waals surface area contributed by atoms with Gasteiger partial charge in [-0.2, -0.15) is 27.8 Å². The van der Waals surface area contributed by atoms with Crippen molar-refractivity contribution >= 4 is 27.0 Å². The highest BCUT2D eigenvalue weighted by atomic mass is 32.2. The number of likely N-dealkylation sites (N-methyl/N-ethyl adjacent to an activating group) is 1. The van der Waals surface area contributed by atoms with Crippen LogP contribution in [0.3, 0.4) is 0 Å². The normalized spacial score (nSPS) is 15.5. The van der Waals surface area contributed by atoms with Crippen LogP contribution >= 0.6 is 0 Å². The van der Waals surface area contributed by atoms with Crippen molar-refractivity contribution in [3.05, 3.63) is 60.8 Å². The van der Waals surface area contributed by atoms with Crippen molar-refractivity contribution in [3.8, 4) is 17.3 Å². The van der Waals surface area contributed by atoms with E-state index >= 15 is 0 Å². The molecule has 1 aromatic carbocycles. The third-order valence-corrected chi connectivity index (χ3v) is 8.63. The summed E-state index contributed by atoms with van der Waals surface area (Å²) >= 11 is 0. The summed E-state index contributed by atoms with van der Waals surface area (Å²) in [5, 5.41) is 22.0. The smallest absolute Gasteiger partial charge is 0.475 e. The van der Waals surface area contributed by atoms with Crippen LogP contribution in [0.25, 0.3) is 22.3 Å². The van der Waals surface area contributed by atoms with E-state index in [2.05, 4.69) is 37.9 Å². The van der Waals surface area contributed by atoms with Crippen LogP contribution in [0.5, 0.6) is 0 Å². The molecule has 1 unspecified atom stereocenters. The van der Waals surface area contributed by atoms with E-state index in [0.717, 1.165) is 41.9 Å². The summed E-state index contributed by atoms with van der Waals surface area (Å²) in [5.74, 6) is -2.76. The van der Waals surface area contributed by atoms with Crippen molar-refractivity contribution in [3.63, 3.8) is 0 Å². The SMILES string of the molecule is CCN1CCN(S(=O)(=O)c2cccc(C(CC#N)n3cc(-c4ncnc5[nH]ccc45)cn3)c2)CC1.O=C(O)C(F)(F)F. The number of benzene rings is 1. The Kier molecular flexibility index (Phi) is 9.24. The Hall–Kier alpha value is -4.33. The average Bonchev–Trinajstić information content (AvgIpc) is 3.66. The largest absolute Gasteiger partial charge is 0.490 e. The van der Waals surface area contributed by atoms with Crippen LogP contribution in [0.2, 0.25) is 0 Å². The first kappa shape index (κ1) is 30.6. The molecule has 42 heavy (non-hydrogen) atoms. The Morgan fingerprint density at radius 1 is 1.19 bits per heavy atom. The van der Waals surface area contributed by atoms with Gasteiger partial charge in [-0.1, -0.05) is 19.1 Å². The molecular weight excluding hydrogens is 577 g/mol. The van der Waals surface area contributed by atoms with Gasteiger partial charge in [0.25, 0.3) is 0 Å². The fourth-order valence-corrected chi connectivity index (χ4v) is 5.98. The van der Waals surface area contributed by atoms with Crippen LogP contribution in [0, 0.1) is 11.3 Å². The van der Waals surface area contributed by atoms with Gasteiger partial charge >= 0.3 is 12.1 Å². The van der Waals surface area contributed by atoms with Crippen LogP contribution in [0.4, 0.5) is 13.2 Å². The van der Waals surface area contributed by atoms with E-state index in [9.17, 15) is 26.9 Å². The maximum absolute atomic E-state index is 13.3. The van der Waals surface area contributed by atoms with E-state index in [4.69, 9.17) is 9.90 Å². The number of H-pyrrole nitrogens is 1. The van der Waals surface area contributed by atoms with Crippen molar-refractivity contribution in [2.75, 3.05) is 32.7 Å². The van der Waals surface area contributed by atoms with Gasteiger partial charge in [0, 0.05) is 49.5 Å². The molecule has 1 atom stereocenters. The quantitative estimate of drug-likeness (QED) is 0.323. The summed E-state index contributed by atoms with van der Waals surface area (Å²) in [7, 11) is -3.63. The Labute approximate surface area is 239 Å². The molecule has 1 aliphatic rings. The molecule has 0 bridgehead atoms. The van der Waals surface area contributed by atoms with Gasteiger partial charge in [0.15, 0.2) is 0 Å². The van der Waals surface area contributed by atoms with Crippen LogP contribution < -0.4 is 0 Å². The molecule has 0 radical (unpaired) electrons. The summed E-state index contributed by atoms with van der Waals surface area (Å²) in [5.41, 5.74) is 2.97. The first-order chi connectivity index (χ1) is 20.0. The summed E-state index contributed by atoms with van der Waals surface area (Å²) in [6, 6.07) is 10.5. The number of nitrogens with zero attached hydrogens (tertiary/aromatic N) is 7. The first-order valence-electron chi connectivity index (χ1n) is 12.8. The zero-order chi connectivity index (χ0) is 30.5. The van der Waals surface area contributed by atoms with E-state index in [1.165, 1.54) is 6.33 Å². The number of carbonyl (C=O) groups is 1. The standard InChI is InChI=1S/C24H26N8O2S.C2HF3O2/c1-2-30-10-12-31(13-11-30)35(33,34)20-5-3-4-18(14-20)22(6-8-25)32-16-19(15-29-32)23-21-7-9-26-24(21)28-17-27-23;3-2(4,5)1(6)7/h3-5,7,9,14-17,22H,2,6,10-13H2,1H3,(H,26,27,28);(H,6,7). The van der Waals surface area contributed by atoms with Crippen molar-refractivity contribution in [2.24, 2.45) is 0 Å². The molecule has 2 N–H and O–H groups in total. The molecule has 12 nitrogen and oxygen atoms in total. The fraction of sp³-hybridized carbons (Fsp3) is 0.346. The zero-order valence-electron chi connectivity index (χ0n) is 22.4. The molecule has 1 fully saturated rings. The van der Waals surface area contributed by atoms with Gasteiger partial charge < -0.3 is 15.0 Å². The number of nitrogens with one attached hydrogen (secondary N) is 1. The molecular formula is C26H27F3N8O4S. The number of halogens is 3. The molecule has 0 saturated carbocycles. The van der Waals surface area contributed by atoms with Crippen molar-refractivity contribution < 1.29 is 31.5 Å². The van der Waals surface area contributed by atoms with Crippen molar-refractivity contribution in [1.82, 2.24) is 33.9 Å². The lowest BCUT2D eigenvalue weighted by molar-refractivity contribution is -0.192. The second kappa shape index (κ2) is 12.7. The number of piperazine rings is 1. The summed E-state index contributed by atoms with van der Waals surface area (Å²) in [6.45, 7) is 5.37. The number of hydrogen-bond acceptors (Lipinski definition) is 8. The van der Waals surface area contributed by atoms with Gasteiger partial charge in [0.2, 0.25) is 10.0 Å². The lowest BCUT2D eigenvalue weighted by atomic mass is 10.0. The molecule has 5 rings (SSSR count). The maximum Gasteiger partial charge on any atom is 0.490 e. The summed E-state index contributed by atoms with van der Waals surface area (Å²) in [6.07, 6.45) is 1.89. The highest BCUT2D eigenvalue weighted by Crippen LogP contribution is 2.29. The van der Waals surface area contributed by atoms with Gasteiger partial charge in [0.1, 0.15) is 12.0 Å². The minimum Gasteiger partial charge on any atom is -0.475 e. The molecule has 3 aromatic heterocycles. The van der Waals surface area contributed by atoms with Gasteiger partial charge in [-0.25, -0.2) is 23.2 Å². The van der Waals surface area contributed by atoms with E-state index in [1.807, 2.05) is 18.3 Å². The Morgan fingerprint density at radius 2 is 1.90 bits per heavy atom. The number of aromatic nitrogens is 5. The molecule has 0 aliphatic carbocycles. The van der Waals surface area contributed by atoms with Gasteiger partial charge in [-0.15, -0.1) is 0 Å². The third kappa shape index (κ3) is 6.75. The summed E-state index contributed by atoms with van der Waals surface area (Å²) in [4.78, 5) is 23.1. The highest BCUT2D eigenvalue weighted by Gasteiger charge is 2.38. The number of rotatable bonds is 7. The number of fused-ring (bicyclic) bond motifs is 1. The average molecular weight is 605 g/mol. The number of aliphatic carboxylic acids is 1. The van der Waals surface area contributed by atoms with E-state index in [1.54, 1.807) is 39.6 Å². The number of carboxylic acids is 1. The number of nitriles is 1. The predicted octanol–water partition coefficient (Wildman–Crippen LogP) is 3.28. The fourth-order valence-electron chi connectivity index (χ4n) is 4.50. The van der Waals surface area contributed by atoms with E-state index in [-0.39, 0.29) is 11.3 Å². The number of hydrogen-bond donors (Lipinski definition) is 2. The van der Waals surface area contributed by atoms with E-state index in [0.29, 0.717) is 18.7 Å². The molecule has 1 saturated heterocycles. The number of alkyl halides is 3. The number of sulfonamides is 1. The van der Waals surface area contributed by atoms with Crippen LogP contribution in [-0.2, 0) is 14.8 Å². The highest BCUT2D eigenvalue weighted by molar-refractivity contribution is 7.89. The number of aromatic amines is 1. The zero-order valence-corrected chi connectivity index (χ0v) is 23.2. The van der Waals surface area contributed by atoms with Crippen LogP contribution in [-0.4, -0.2) is 92.3 Å². The summed E-state index contributed by atoms with van der Waals surface area (Å²) < 4.78 is 61.7. The molecule has 16 heteroatoms. The number of carboxylic acid groups (broad SMARTS) is 1. The minimum atomic E-state index is -5.08. The van der Waals surface area contributed by atoms with Crippen LogP contribution in [0.1, 0.15) is 24.9 Å². The van der Waals surface area contributed by atoms with Crippen molar-refractivity contribution in [1.29, 1.82) is 5.26 Å². The Morgan fingerprint density at radius 3 is 2.55 bits per heavy atom. The lowest BCUT2D eigenvalue weighted by Crippen LogP contribution is -2.48. The Balaban J connectivity index is 0.000000517. The predicted molar refractivity (Wildman–Crippen MR) is 144 cm³/mol. The second-order valence-corrected chi connectivity index (χ2v) is 11.2. The Bertz CT molecular complexity index is 1690. The molecule has 222 valence electrons. The minimum absolute atomic E-state index is 0.142. The van der Waals surface area contributed by atoms with Crippen LogP contribution in [0.15, 0.2) is 60.1 Å². The molecule has 1 aliphatic heterocycles. The van der Waals surface area contributed by atoms with Crippen molar-refractivity contribution in [2.45, 2.75) is 30.5 Å². The monoisotopic (exact) mass is 604 g/mol. The second-order valence-electron chi connectivity index (χ2n) is 9.26. The molecule has 0 spiro atoms. The van der Waals surface area contributed by atoms with E-state index < -0.39 is 28.2 Å². The topological polar surface area (TPSA) is 161 Å². The molecule has 0 amide bonds. The molecule has 4 aromatic rings. The third-order valence-electron chi connectivity index (χ3n) is 6.73. The molecule has 4 heterocycles. The van der Waals surface area contributed by atoms with Gasteiger partial charge in [0.05, 0.1) is 35.3 Å². The van der Waals surface area contributed by atoms with Gasteiger partial charge in [-0.05, 0) is 30.3 Å².